The molecule has 2 amide bonds. The van der Waals surface area contributed by atoms with Gasteiger partial charge in [-0.3, -0.25) is 4.90 Å². The largest absolute Gasteiger partial charge is 0.466 e. The Balaban J connectivity index is 1.59. The summed E-state index contributed by atoms with van der Waals surface area (Å²) in [7, 11) is 1.31. The highest BCUT2D eigenvalue weighted by Gasteiger charge is 2.34. The molecule has 0 bridgehead atoms. The van der Waals surface area contributed by atoms with Crippen molar-refractivity contribution in [2.75, 3.05) is 26.7 Å². The van der Waals surface area contributed by atoms with Gasteiger partial charge in [0.2, 0.25) is 0 Å². The van der Waals surface area contributed by atoms with E-state index in [0.29, 0.717) is 29.9 Å². The third kappa shape index (κ3) is 4.67. The van der Waals surface area contributed by atoms with Gasteiger partial charge in [0.15, 0.2) is 0 Å². The van der Waals surface area contributed by atoms with Gasteiger partial charge in [-0.2, -0.15) is 0 Å². The van der Waals surface area contributed by atoms with Gasteiger partial charge in [0.25, 0.3) is 0 Å². The minimum Gasteiger partial charge on any atom is -0.466 e. The molecule has 160 valence electrons. The quantitative estimate of drug-likeness (QED) is 0.726. The number of hydrogen-bond acceptors (Lipinski definition) is 4. The summed E-state index contributed by atoms with van der Waals surface area (Å²) in [6.45, 7) is 1.89. The topological polar surface area (TPSA) is 70.7 Å². The molecule has 0 unspecified atom stereocenters. The number of nitrogens with one attached hydrogen (secondary N) is 2. The molecule has 4 rings (SSSR count). The van der Waals surface area contributed by atoms with E-state index in [1.807, 2.05) is 18.2 Å². The fourth-order valence-electron chi connectivity index (χ4n) is 3.99. The lowest BCUT2D eigenvalue weighted by Gasteiger charge is -2.33. The molecule has 2 N–H and O–H groups in total. The van der Waals surface area contributed by atoms with Crippen LogP contribution in [-0.4, -0.2) is 43.6 Å². The number of methoxy groups -OCH3 is 1. The second-order valence-electron chi connectivity index (χ2n) is 7.55. The van der Waals surface area contributed by atoms with Crippen LogP contribution in [0.2, 0.25) is 0 Å². The van der Waals surface area contributed by atoms with Crippen LogP contribution in [0.15, 0.2) is 71.9 Å². The number of urea groups is 1. The minimum atomic E-state index is -0.711. The van der Waals surface area contributed by atoms with E-state index in [4.69, 9.17) is 4.74 Å². The molecule has 0 saturated carbocycles. The molecule has 1 atom stereocenters. The van der Waals surface area contributed by atoms with Crippen molar-refractivity contribution in [1.82, 2.24) is 15.5 Å². The standard InChI is InChI=1S/C24H24FN3O3/c1-31-23(29)21-20(26-24(30)27-22(21)18-7-9-19(25)10-8-18)15-28-13-11-17(12-14-28)16-5-3-2-4-6-16/h2-11,22H,12-15H2,1H3,(H2,26,27,30)/t22-/m1/s1. The van der Waals surface area contributed by atoms with E-state index in [1.54, 1.807) is 12.1 Å². The molecule has 7 heteroatoms. The molecule has 2 heterocycles. The van der Waals surface area contributed by atoms with Crippen molar-refractivity contribution in [3.8, 4) is 0 Å². The summed E-state index contributed by atoms with van der Waals surface area (Å²) in [6.07, 6.45) is 3.05. The lowest BCUT2D eigenvalue weighted by atomic mass is 9.94. The van der Waals surface area contributed by atoms with Crippen molar-refractivity contribution in [1.29, 1.82) is 0 Å². The van der Waals surface area contributed by atoms with Crippen LogP contribution in [0, 0.1) is 5.82 Å². The minimum absolute atomic E-state index is 0.326. The zero-order chi connectivity index (χ0) is 21.8. The molecule has 2 aromatic carbocycles. The van der Waals surface area contributed by atoms with Gasteiger partial charge in [-0.05, 0) is 35.3 Å². The molecule has 31 heavy (non-hydrogen) atoms. The van der Waals surface area contributed by atoms with Gasteiger partial charge in [0.05, 0.1) is 18.7 Å². The van der Waals surface area contributed by atoms with Gasteiger partial charge in [-0.15, -0.1) is 0 Å². The number of hydrogen-bond donors (Lipinski definition) is 2. The zero-order valence-corrected chi connectivity index (χ0v) is 17.2. The van der Waals surface area contributed by atoms with Crippen molar-refractivity contribution >= 4 is 17.6 Å². The molecule has 6 nitrogen and oxygen atoms in total. The van der Waals surface area contributed by atoms with Crippen LogP contribution >= 0.6 is 0 Å². The molecule has 0 aliphatic carbocycles. The van der Waals surface area contributed by atoms with E-state index in [2.05, 4.69) is 33.7 Å². The number of amides is 2. The molecule has 0 fully saturated rings. The fourth-order valence-corrected chi connectivity index (χ4v) is 3.99. The molecular weight excluding hydrogens is 397 g/mol. The van der Waals surface area contributed by atoms with Crippen LogP contribution < -0.4 is 10.6 Å². The van der Waals surface area contributed by atoms with Crippen LogP contribution in [0.4, 0.5) is 9.18 Å². The number of esters is 1. The first-order valence-electron chi connectivity index (χ1n) is 10.2. The van der Waals surface area contributed by atoms with Gasteiger partial charge in [0.1, 0.15) is 5.82 Å². The highest BCUT2D eigenvalue weighted by Crippen LogP contribution is 2.29. The summed E-state index contributed by atoms with van der Waals surface area (Å²) in [6, 6.07) is 14.8. The predicted octanol–water partition coefficient (Wildman–Crippen LogP) is 3.40. The van der Waals surface area contributed by atoms with Gasteiger partial charge in [0, 0.05) is 25.3 Å². The van der Waals surface area contributed by atoms with Gasteiger partial charge in [-0.1, -0.05) is 48.5 Å². The molecule has 0 radical (unpaired) electrons. The van der Waals surface area contributed by atoms with Gasteiger partial charge >= 0.3 is 12.0 Å². The monoisotopic (exact) mass is 421 g/mol. The van der Waals surface area contributed by atoms with Crippen molar-refractivity contribution in [2.45, 2.75) is 12.5 Å². The van der Waals surface area contributed by atoms with Gasteiger partial charge < -0.3 is 15.4 Å². The average Bonchev–Trinajstić information content (AvgIpc) is 2.80. The third-order valence-electron chi connectivity index (χ3n) is 5.58. The maximum absolute atomic E-state index is 13.4. The molecule has 0 saturated heterocycles. The average molecular weight is 421 g/mol. The normalized spacial score (nSPS) is 19.4. The summed E-state index contributed by atoms with van der Waals surface area (Å²) >= 11 is 0. The Morgan fingerprint density at radius 2 is 1.90 bits per heavy atom. The van der Waals surface area contributed by atoms with Crippen LogP contribution in [0.5, 0.6) is 0 Å². The summed E-state index contributed by atoms with van der Waals surface area (Å²) in [4.78, 5) is 27.1. The van der Waals surface area contributed by atoms with E-state index in [-0.39, 0.29) is 5.82 Å². The number of ether oxygens (including phenoxy) is 1. The SMILES string of the molecule is COC(=O)C1=C(CN2CC=C(c3ccccc3)CC2)NC(=O)N[C@@H]1c1ccc(F)cc1. The van der Waals surface area contributed by atoms with Gasteiger partial charge in [-0.25, -0.2) is 14.0 Å². The molecule has 0 spiro atoms. The molecule has 2 aliphatic rings. The second-order valence-corrected chi connectivity index (χ2v) is 7.55. The van der Waals surface area contributed by atoms with Crippen molar-refractivity contribution < 1.29 is 18.7 Å². The number of nitrogens with zero attached hydrogens (tertiary/aromatic N) is 1. The van der Waals surface area contributed by atoms with Crippen LogP contribution in [0.25, 0.3) is 5.57 Å². The summed E-state index contributed by atoms with van der Waals surface area (Å²) < 4.78 is 18.4. The second kappa shape index (κ2) is 9.14. The number of halogens is 1. The predicted molar refractivity (Wildman–Crippen MR) is 115 cm³/mol. The molecule has 2 aromatic rings. The number of benzene rings is 2. The summed E-state index contributed by atoms with van der Waals surface area (Å²) in [5.74, 6) is -0.920. The Bertz CT molecular complexity index is 1030. The van der Waals surface area contributed by atoms with Crippen LogP contribution in [-0.2, 0) is 9.53 Å². The van der Waals surface area contributed by atoms with Crippen molar-refractivity contribution in [3.63, 3.8) is 0 Å². The molecule has 2 aliphatic heterocycles. The van der Waals surface area contributed by atoms with Crippen LogP contribution in [0.1, 0.15) is 23.6 Å². The highest BCUT2D eigenvalue weighted by molar-refractivity contribution is 5.95. The molecular formula is C24H24FN3O3. The first-order valence-corrected chi connectivity index (χ1v) is 10.2. The Kier molecular flexibility index (Phi) is 6.13. The first kappa shape index (κ1) is 20.8. The maximum Gasteiger partial charge on any atom is 0.338 e. The lowest BCUT2D eigenvalue weighted by Crippen LogP contribution is -2.48. The number of carbonyl (C=O) groups is 2. The van der Waals surface area contributed by atoms with E-state index < -0.39 is 18.0 Å². The third-order valence-corrected chi connectivity index (χ3v) is 5.58. The van der Waals surface area contributed by atoms with Crippen molar-refractivity contribution in [3.05, 3.63) is 88.9 Å². The zero-order valence-electron chi connectivity index (χ0n) is 17.2. The Hall–Kier alpha value is -3.45. The van der Waals surface area contributed by atoms with E-state index in [9.17, 15) is 14.0 Å². The molecule has 0 aromatic heterocycles. The maximum atomic E-state index is 13.4. The fraction of sp³-hybridized carbons (Fsp3) is 0.250. The lowest BCUT2D eigenvalue weighted by molar-refractivity contribution is -0.136. The summed E-state index contributed by atoms with van der Waals surface area (Å²) in [5.41, 5.74) is 3.94. The Labute approximate surface area is 180 Å². The van der Waals surface area contributed by atoms with E-state index in [0.717, 1.165) is 13.0 Å². The Morgan fingerprint density at radius 3 is 2.55 bits per heavy atom. The highest BCUT2D eigenvalue weighted by atomic mass is 19.1. The Morgan fingerprint density at radius 1 is 1.16 bits per heavy atom. The van der Waals surface area contributed by atoms with Crippen molar-refractivity contribution in [2.24, 2.45) is 0 Å². The van der Waals surface area contributed by atoms with E-state index >= 15 is 0 Å². The number of carbonyl (C=O) groups excluding carboxylic acids is 2. The number of rotatable bonds is 5. The van der Waals surface area contributed by atoms with Crippen LogP contribution in [0.3, 0.4) is 0 Å². The smallest absolute Gasteiger partial charge is 0.338 e. The first-order chi connectivity index (χ1) is 15.0. The summed E-state index contributed by atoms with van der Waals surface area (Å²) in [5, 5.41) is 5.53. The van der Waals surface area contributed by atoms with E-state index in [1.165, 1.54) is 30.4 Å².